The normalized spacial score (nSPS) is 19.6. The lowest BCUT2D eigenvalue weighted by Crippen LogP contribution is -2.37. The zero-order valence-electron chi connectivity index (χ0n) is 9.89. The van der Waals surface area contributed by atoms with E-state index in [4.69, 9.17) is 4.74 Å². The van der Waals surface area contributed by atoms with Gasteiger partial charge in [0.05, 0.1) is 7.11 Å². The van der Waals surface area contributed by atoms with Crippen molar-refractivity contribution in [1.29, 1.82) is 0 Å². The molecule has 2 rings (SSSR count). The third-order valence-corrected chi connectivity index (χ3v) is 3.68. The van der Waals surface area contributed by atoms with E-state index in [0.717, 1.165) is 37.6 Å². The van der Waals surface area contributed by atoms with Gasteiger partial charge in [0.1, 0.15) is 5.01 Å². The predicted octanol–water partition coefficient (Wildman–Crippen LogP) is 0.652. The van der Waals surface area contributed by atoms with Crippen LogP contribution >= 0.6 is 11.3 Å². The van der Waals surface area contributed by atoms with Crippen molar-refractivity contribution in [3.63, 3.8) is 0 Å². The minimum absolute atomic E-state index is 0.221. The van der Waals surface area contributed by atoms with E-state index in [0.29, 0.717) is 0 Å². The fourth-order valence-electron chi connectivity index (χ4n) is 2.01. The summed E-state index contributed by atoms with van der Waals surface area (Å²) < 4.78 is 4.90. The first kappa shape index (κ1) is 12.5. The second kappa shape index (κ2) is 6.09. The molecule has 6 heteroatoms. The molecule has 1 saturated heterocycles. The molecule has 0 bridgehead atoms. The van der Waals surface area contributed by atoms with Crippen LogP contribution in [-0.2, 0) is 9.53 Å². The molecule has 1 atom stereocenters. The fourth-order valence-corrected chi connectivity index (χ4v) is 2.77. The first-order chi connectivity index (χ1) is 8.33. The van der Waals surface area contributed by atoms with Gasteiger partial charge in [-0.05, 0) is 13.0 Å². The second-order valence-electron chi connectivity index (χ2n) is 3.94. The number of methoxy groups -OCH3 is 1. The van der Waals surface area contributed by atoms with Crippen molar-refractivity contribution in [3.8, 4) is 0 Å². The molecule has 0 amide bonds. The number of nitrogens with zero attached hydrogens (tertiary/aromatic N) is 2. The third kappa shape index (κ3) is 3.02. The average molecular weight is 255 g/mol. The summed E-state index contributed by atoms with van der Waals surface area (Å²) in [6, 6.07) is -0.347. The number of esters is 1. The van der Waals surface area contributed by atoms with Gasteiger partial charge < -0.3 is 10.1 Å². The van der Waals surface area contributed by atoms with Crippen LogP contribution in [0, 0.1) is 0 Å². The van der Waals surface area contributed by atoms with Crippen LogP contribution in [0.1, 0.15) is 17.5 Å². The van der Waals surface area contributed by atoms with Crippen LogP contribution in [0.5, 0.6) is 0 Å². The van der Waals surface area contributed by atoms with Crippen LogP contribution in [0.2, 0.25) is 0 Å². The van der Waals surface area contributed by atoms with Crippen LogP contribution in [0.3, 0.4) is 0 Å². The van der Waals surface area contributed by atoms with Crippen molar-refractivity contribution >= 4 is 17.3 Å². The summed E-state index contributed by atoms with van der Waals surface area (Å²) >= 11 is 1.50. The molecule has 1 aromatic heterocycles. The van der Waals surface area contributed by atoms with E-state index < -0.39 is 0 Å². The molecule has 0 spiro atoms. The van der Waals surface area contributed by atoms with Crippen molar-refractivity contribution in [2.45, 2.75) is 12.5 Å². The van der Waals surface area contributed by atoms with Gasteiger partial charge >= 0.3 is 5.97 Å². The maximum Gasteiger partial charge on any atom is 0.330 e. The molecule has 0 saturated carbocycles. The van der Waals surface area contributed by atoms with E-state index >= 15 is 0 Å². The quantitative estimate of drug-likeness (QED) is 0.804. The van der Waals surface area contributed by atoms with Gasteiger partial charge in [0.15, 0.2) is 6.04 Å². The van der Waals surface area contributed by atoms with Gasteiger partial charge in [0, 0.05) is 31.2 Å². The van der Waals surface area contributed by atoms with Crippen molar-refractivity contribution in [2.75, 3.05) is 33.3 Å². The van der Waals surface area contributed by atoms with E-state index in [2.05, 4.69) is 15.2 Å². The summed E-state index contributed by atoms with van der Waals surface area (Å²) in [5.41, 5.74) is 0. The van der Waals surface area contributed by atoms with Gasteiger partial charge in [0.25, 0.3) is 0 Å². The van der Waals surface area contributed by atoms with Crippen LogP contribution in [-0.4, -0.2) is 49.1 Å². The SMILES string of the molecule is COC(=O)C(c1nccs1)N1CCCNCC1. The number of aromatic nitrogens is 1. The zero-order chi connectivity index (χ0) is 12.1. The van der Waals surface area contributed by atoms with E-state index in [9.17, 15) is 4.79 Å². The molecule has 0 radical (unpaired) electrons. The van der Waals surface area contributed by atoms with Gasteiger partial charge in [-0.2, -0.15) is 0 Å². The summed E-state index contributed by atoms with van der Waals surface area (Å²) in [6.45, 7) is 3.65. The highest BCUT2D eigenvalue weighted by molar-refractivity contribution is 7.09. The summed E-state index contributed by atoms with van der Waals surface area (Å²) in [5, 5.41) is 6.03. The molecule has 1 aliphatic heterocycles. The Morgan fingerprint density at radius 3 is 3.18 bits per heavy atom. The minimum Gasteiger partial charge on any atom is -0.468 e. The van der Waals surface area contributed by atoms with E-state index in [1.54, 1.807) is 6.20 Å². The van der Waals surface area contributed by atoms with Gasteiger partial charge in [-0.1, -0.05) is 0 Å². The van der Waals surface area contributed by atoms with Crippen LogP contribution in [0.15, 0.2) is 11.6 Å². The molecule has 0 aliphatic carbocycles. The van der Waals surface area contributed by atoms with Crippen molar-refractivity contribution in [1.82, 2.24) is 15.2 Å². The van der Waals surface area contributed by atoms with E-state index in [1.165, 1.54) is 18.4 Å². The molecule has 2 heterocycles. The second-order valence-corrected chi connectivity index (χ2v) is 4.86. The molecule has 5 nitrogen and oxygen atoms in total. The summed E-state index contributed by atoms with van der Waals surface area (Å²) in [6.07, 6.45) is 2.77. The Morgan fingerprint density at radius 2 is 2.47 bits per heavy atom. The number of rotatable bonds is 3. The van der Waals surface area contributed by atoms with Gasteiger partial charge in [0.2, 0.25) is 0 Å². The summed E-state index contributed by atoms with van der Waals surface area (Å²) in [7, 11) is 1.43. The Kier molecular flexibility index (Phi) is 4.47. The topological polar surface area (TPSA) is 54.5 Å². The highest BCUT2D eigenvalue weighted by atomic mass is 32.1. The smallest absolute Gasteiger partial charge is 0.330 e. The largest absolute Gasteiger partial charge is 0.468 e. The Morgan fingerprint density at radius 1 is 1.59 bits per heavy atom. The lowest BCUT2D eigenvalue weighted by molar-refractivity contribution is -0.147. The monoisotopic (exact) mass is 255 g/mol. The Bertz CT molecular complexity index is 348. The molecule has 1 aromatic rings. The van der Waals surface area contributed by atoms with E-state index in [1.807, 2.05) is 5.38 Å². The molecule has 1 N–H and O–H groups in total. The first-order valence-corrected chi connectivity index (χ1v) is 6.63. The number of nitrogens with one attached hydrogen (secondary N) is 1. The molecule has 94 valence electrons. The van der Waals surface area contributed by atoms with Crippen molar-refractivity contribution in [2.24, 2.45) is 0 Å². The Labute approximate surface area is 105 Å². The Balaban J connectivity index is 2.17. The molecule has 0 aromatic carbocycles. The number of hydrogen-bond donors (Lipinski definition) is 1. The Hall–Kier alpha value is -0.980. The lowest BCUT2D eigenvalue weighted by atomic mass is 10.2. The van der Waals surface area contributed by atoms with Crippen molar-refractivity contribution in [3.05, 3.63) is 16.6 Å². The van der Waals surface area contributed by atoms with Crippen LogP contribution < -0.4 is 5.32 Å². The molecular formula is C11H17N3O2S. The number of ether oxygens (including phenoxy) is 1. The maximum atomic E-state index is 11.9. The van der Waals surface area contributed by atoms with Gasteiger partial charge in [-0.3, -0.25) is 4.90 Å². The van der Waals surface area contributed by atoms with Crippen LogP contribution in [0.25, 0.3) is 0 Å². The molecule has 17 heavy (non-hydrogen) atoms. The number of thiazole rings is 1. The third-order valence-electron chi connectivity index (χ3n) is 2.85. The molecular weight excluding hydrogens is 238 g/mol. The standard InChI is InChI=1S/C11H17N3O2S/c1-16-11(15)9(10-13-5-8-17-10)14-6-2-3-12-4-7-14/h5,8-9,12H,2-4,6-7H2,1H3. The molecule has 1 unspecified atom stereocenters. The highest BCUT2D eigenvalue weighted by Crippen LogP contribution is 2.24. The molecule has 1 aliphatic rings. The number of hydrogen-bond acceptors (Lipinski definition) is 6. The molecule has 1 fully saturated rings. The van der Waals surface area contributed by atoms with Gasteiger partial charge in [-0.15, -0.1) is 11.3 Å². The summed E-state index contributed by atoms with van der Waals surface area (Å²) in [5.74, 6) is -0.221. The highest BCUT2D eigenvalue weighted by Gasteiger charge is 2.30. The van der Waals surface area contributed by atoms with Crippen LogP contribution in [0.4, 0.5) is 0 Å². The first-order valence-electron chi connectivity index (χ1n) is 5.75. The van der Waals surface area contributed by atoms with Crippen molar-refractivity contribution < 1.29 is 9.53 Å². The maximum absolute atomic E-state index is 11.9. The summed E-state index contributed by atoms with van der Waals surface area (Å²) in [4.78, 5) is 18.3. The fraction of sp³-hybridized carbons (Fsp3) is 0.636. The number of carbonyl (C=O) groups excluding carboxylic acids is 1. The number of carbonyl (C=O) groups is 1. The predicted molar refractivity (Wildman–Crippen MR) is 65.9 cm³/mol. The zero-order valence-corrected chi connectivity index (χ0v) is 10.7. The van der Waals surface area contributed by atoms with Gasteiger partial charge in [-0.25, -0.2) is 9.78 Å². The lowest BCUT2D eigenvalue weighted by Gasteiger charge is -2.26. The van der Waals surface area contributed by atoms with E-state index in [-0.39, 0.29) is 12.0 Å². The minimum atomic E-state index is -0.347. The average Bonchev–Trinajstić information content (AvgIpc) is 2.73.